The fourth-order valence-electron chi connectivity index (χ4n) is 2.37. The van der Waals surface area contributed by atoms with Crippen LogP contribution in [0, 0.1) is 0 Å². The van der Waals surface area contributed by atoms with E-state index in [9.17, 15) is 33.0 Å². The van der Waals surface area contributed by atoms with Crippen LogP contribution in [0.1, 0.15) is 33.2 Å². The molecular formula is C19H18F3NO5. The standard InChI is InChI=1S/C19H18F3NO5/c20-19(21,22)15-7-13(10-24)6-14(8-15)17(26)16(25)9-23-18(27)28-11-12-4-2-1-3-5-12/h1-8,10,16-17,25-26H,9,11H2,(H,23,27). The predicted octanol–water partition coefficient (Wildman–Crippen LogP) is 2.84. The van der Waals surface area contributed by atoms with Crippen LogP contribution < -0.4 is 5.32 Å². The molecule has 1 amide bonds. The highest BCUT2D eigenvalue weighted by molar-refractivity contribution is 5.75. The third-order valence-electron chi connectivity index (χ3n) is 3.82. The summed E-state index contributed by atoms with van der Waals surface area (Å²) in [5.74, 6) is 0. The minimum atomic E-state index is -4.72. The van der Waals surface area contributed by atoms with Crippen LogP contribution in [0.3, 0.4) is 0 Å². The Morgan fingerprint density at radius 1 is 1.14 bits per heavy atom. The normalized spacial score (nSPS) is 13.5. The van der Waals surface area contributed by atoms with Gasteiger partial charge in [-0.1, -0.05) is 30.3 Å². The van der Waals surface area contributed by atoms with Crippen molar-refractivity contribution in [3.8, 4) is 0 Å². The zero-order valence-electron chi connectivity index (χ0n) is 14.5. The van der Waals surface area contributed by atoms with Gasteiger partial charge in [-0.3, -0.25) is 4.79 Å². The molecular weight excluding hydrogens is 379 g/mol. The number of ether oxygens (including phenoxy) is 1. The van der Waals surface area contributed by atoms with Gasteiger partial charge in [0.15, 0.2) is 0 Å². The van der Waals surface area contributed by atoms with Gasteiger partial charge in [-0.2, -0.15) is 13.2 Å². The Bertz CT molecular complexity index is 811. The molecule has 2 unspecified atom stereocenters. The van der Waals surface area contributed by atoms with Crippen LogP contribution in [-0.4, -0.2) is 35.2 Å². The van der Waals surface area contributed by atoms with E-state index < -0.39 is 36.6 Å². The third kappa shape index (κ3) is 6.07. The lowest BCUT2D eigenvalue weighted by Crippen LogP contribution is -2.35. The maximum atomic E-state index is 12.9. The Morgan fingerprint density at radius 3 is 2.43 bits per heavy atom. The summed E-state index contributed by atoms with van der Waals surface area (Å²) < 4.78 is 43.6. The molecule has 0 heterocycles. The molecule has 2 atom stereocenters. The van der Waals surface area contributed by atoms with Gasteiger partial charge in [0, 0.05) is 12.1 Å². The number of aliphatic hydroxyl groups is 2. The zero-order chi connectivity index (χ0) is 20.7. The lowest BCUT2D eigenvalue weighted by atomic mass is 9.99. The second kappa shape index (κ2) is 9.34. The Balaban J connectivity index is 1.95. The average molecular weight is 397 g/mol. The van der Waals surface area contributed by atoms with Crippen LogP contribution in [0.4, 0.5) is 18.0 Å². The van der Waals surface area contributed by atoms with E-state index in [2.05, 4.69) is 5.32 Å². The number of aldehydes is 1. The summed E-state index contributed by atoms with van der Waals surface area (Å²) >= 11 is 0. The van der Waals surface area contributed by atoms with Gasteiger partial charge in [-0.15, -0.1) is 0 Å². The van der Waals surface area contributed by atoms with Crippen molar-refractivity contribution in [2.75, 3.05) is 6.54 Å². The number of hydrogen-bond acceptors (Lipinski definition) is 5. The molecule has 9 heteroatoms. The van der Waals surface area contributed by atoms with Crippen LogP contribution in [0.5, 0.6) is 0 Å². The zero-order valence-corrected chi connectivity index (χ0v) is 14.5. The Morgan fingerprint density at radius 2 is 1.82 bits per heavy atom. The van der Waals surface area contributed by atoms with E-state index in [1.165, 1.54) is 0 Å². The first-order valence-electron chi connectivity index (χ1n) is 8.18. The highest BCUT2D eigenvalue weighted by Gasteiger charge is 2.32. The van der Waals surface area contributed by atoms with E-state index in [0.29, 0.717) is 12.1 Å². The lowest BCUT2D eigenvalue weighted by Gasteiger charge is -2.20. The number of hydrogen-bond donors (Lipinski definition) is 3. The van der Waals surface area contributed by atoms with Gasteiger partial charge in [-0.05, 0) is 29.3 Å². The fraction of sp³-hybridized carbons (Fsp3) is 0.263. The molecule has 6 nitrogen and oxygen atoms in total. The Labute approximate surface area is 158 Å². The maximum absolute atomic E-state index is 12.9. The number of nitrogens with one attached hydrogen (secondary N) is 1. The molecule has 0 bridgehead atoms. The monoisotopic (exact) mass is 397 g/mol. The largest absolute Gasteiger partial charge is 0.445 e. The van der Waals surface area contributed by atoms with Crippen molar-refractivity contribution in [2.45, 2.75) is 25.0 Å². The van der Waals surface area contributed by atoms with Crippen molar-refractivity contribution in [3.63, 3.8) is 0 Å². The van der Waals surface area contributed by atoms with Crippen molar-refractivity contribution < 1.29 is 37.7 Å². The third-order valence-corrected chi connectivity index (χ3v) is 3.82. The predicted molar refractivity (Wildman–Crippen MR) is 92.4 cm³/mol. The SMILES string of the molecule is O=Cc1cc(C(O)C(O)CNC(=O)OCc2ccccc2)cc(C(F)(F)F)c1. The fourth-order valence-corrected chi connectivity index (χ4v) is 2.37. The number of rotatable bonds is 7. The van der Waals surface area contributed by atoms with Gasteiger partial charge >= 0.3 is 12.3 Å². The first-order chi connectivity index (χ1) is 13.2. The van der Waals surface area contributed by atoms with E-state index in [-0.39, 0.29) is 24.0 Å². The van der Waals surface area contributed by atoms with Crippen molar-refractivity contribution in [1.82, 2.24) is 5.32 Å². The molecule has 0 radical (unpaired) electrons. The van der Waals surface area contributed by atoms with Crippen LogP contribution in [-0.2, 0) is 17.5 Å². The minimum absolute atomic E-state index is 0.0123. The minimum Gasteiger partial charge on any atom is -0.445 e. The van der Waals surface area contributed by atoms with E-state index >= 15 is 0 Å². The van der Waals surface area contributed by atoms with E-state index in [0.717, 1.165) is 11.6 Å². The number of halogens is 3. The summed E-state index contributed by atoms with van der Waals surface area (Å²) in [4.78, 5) is 22.5. The summed E-state index contributed by atoms with van der Waals surface area (Å²) in [5, 5.41) is 22.3. The molecule has 28 heavy (non-hydrogen) atoms. The van der Waals surface area contributed by atoms with E-state index in [4.69, 9.17) is 4.74 Å². The molecule has 3 N–H and O–H groups in total. The lowest BCUT2D eigenvalue weighted by molar-refractivity contribution is -0.137. The number of carbonyl (C=O) groups is 2. The summed E-state index contributed by atoms with van der Waals surface area (Å²) in [6, 6.07) is 11.1. The molecule has 150 valence electrons. The van der Waals surface area contributed by atoms with Gasteiger partial charge in [0.05, 0.1) is 5.56 Å². The number of amides is 1. The Hall–Kier alpha value is -2.91. The van der Waals surface area contributed by atoms with Crippen LogP contribution in [0.2, 0.25) is 0 Å². The van der Waals surface area contributed by atoms with Gasteiger partial charge in [-0.25, -0.2) is 4.79 Å². The number of aliphatic hydroxyl groups excluding tert-OH is 2. The van der Waals surface area contributed by atoms with E-state index in [1.54, 1.807) is 30.3 Å². The molecule has 0 saturated carbocycles. The molecule has 0 saturated heterocycles. The summed E-state index contributed by atoms with van der Waals surface area (Å²) in [7, 11) is 0. The molecule has 0 aliphatic heterocycles. The number of carbonyl (C=O) groups excluding carboxylic acids is 2. The van der Waals surface area contributed by atoms with E-state index in [1.807, 2.05) is 0 Å². The smallest absolute Gasteiger partial charge is 0.416 e. The summed E-state index contributed by atoms with van der Waals surface area (Å²) in [5.41, 5.74) is -0.993. The van der Waals surface area contributed by atoms with Gasteiger partial charge < -0.3 is 20.3 Å². The number of alkyl halides is 3. The van der Waals surface area contributed by atoms with Crippen LogP contribution >= 0.6 is 0 Å². The van der Waals surface area contributed by atoms with Gasteiger partial charge in [0.1, 0.15) is 25.1 Å². The molecule has 0 spiro atoms. The van der Waals surface area contributed by atoms with Crippen molar-refractivity contribution in [2.24, 2.45) is 0 Å². The van der Waals surface area contributed by atoms with Gasteiger partial charge in [0.25, 0.3) is 0 Å². The Kier molecular flexibility index (Phi) is 7.13. The molecule has 0 aromatic heterocycles. The summed E-state index contributed by atoms with van der Waals surface area (Å²) in [6.45, 7) is -0.483. The second-order valence-corrected chi connectivity index (χ2v) is 5.96. The first kappa shape index (κ1) is 21.4. The molecule has 0 fully saturated rings. The number of benzene rings is 2. The van der Waals surface area contributed by atoms with Crippen LogP contribution in [0.25, 0.3) is 0 Å². The summed E-state index contributed by atoms with van der Waals surface area (Å²) in [6.07, 6.45) is -8.76. The van der Waals surface area contributed by atoms with Gasteiger partial charge in [0.2, 0.25) is 0 Å². The highest BCUT2D eigenvalue weighted by Crippen LogP contribution is 2.32. The van der Waals surface area contributed by atoms with Crippen molar-refractivity contribution >= 4 is 12.4 Å². The van der Waals surface area contributed by atoms with Crippen molar-refractivity contribution in [3.05, 3.63) is 70.8 Å². The molecule has 0 aliphatic rings. The molecule has 2 aromatic carbocycles. The average Bonchev–Trinajstić information content (AvgIpc) is 2.69. The number of alkyl carbamates (subject to hydrolysis) is 1. The van der Waals surface area contributed by atoms with Crippen LogP contribution in [0.15, 0.2) is 48.5 Å². The molecule has 0 aliphatic carbocycles. The second-order valence-electron chi connectivity index (χ2n) is 5.96. The molecule has 2 rings (SSSR count). The molecule has 2 aromatic rings. The quantitative estimate of drug-likeness (QED) is 0.625. The van der Waals surface area contributed by atoms with Crippen molar-refractivity contribution in [1.29, 1.82) is 0 Å². The first-order valence-corrected chi connectivity index (χ1v) is 8.18. The topological polar surface area (TPSA) is 95.9 Å². The maximum Gasteiger partial charge on any atom is 0.416 e. The highest BCUT2D eigenvalue weighted by atomic mass is 19.4.